The third-order valence-corrected chi connectivity index (χ3v) is 4.63. The predicted molar refractivity (Wildman–Crippen MR) is 115 cm³/mol. The Balaban J connectivity index is 1.74. The molecule has 0 aliphatic rings. The summed E-state index contributed by atoms with van der Waals surface area (Å²) in [6, 6.07) is 16.4. The zero-order chi connectivity index (χ0) is 19.7. The first-order valence-corrected chi connectivity index (χ1v) is 9.14. The molecule has 0 bridgehead atoms. The average Bonchev–Trinajstić information content (AvgIpc) is 3.06. The minimum Gasteiger partial charge on any atom is -0.496 e. The van der Waals surface area contributed by atoms with Crippen molar-refractivity contribution in [1.82, 2.24) is 15.0 Å². The van der Waals surface area contributed by atoms with Crippen molar-refractivity contribution in [3.05, 3.63) is 59.9 Å². The molecule has 3 N–H and O–H groups in total. The van der Waals surface area contributed by atoms with Crippen LogP contribution in [0.5, 0.6) is 5.75 Å². The van der Waals surface area contributed by atoms with Gasteiger partial charge in [0.25, 0.3) is 0 Å². The summed E-state index contributed by atoms with van der Waals surface area (Å²) in [5.41, 5.74) is 6.12. The minimum atomic E-state index is 0.552. The van der Waals surface area contributed by atoms with Gasteiger partial charge in [-0.25, -0.2) is 4.98 Å². The zero-order valence-electron chi connectivity index (χ0n) is 16.4. The summed E-state index contributed by atoms with van der Waals surface area (Å²) in [5, 5.41) is 7.55. The number of benzene rings is 2. The second-order valence-corrected chi connectivity index (χ2v) is 6.76. The van der Waals surface area contributed by atoms with E-state index in [1.54, 1.807) is 7.11 Å². The number of rotatable bonds is 5. The monoisotopic (exact) mass is 373 g/mol. The van der Waals surface area contributed by atoms with Crippen molar-refractivity contribution >= 4 is 28.4 Å². The van der Waals surface area contributed by atoms with Gasteiger partial charge >= 0.3 is 0 Å². The number of ether oxygens (including phenoxy) is 1. The number of anilines is 3. The molecule has 0 radical (unpaired) electrons. The highest BCUT2D eigenvalue weighted by Gasteiger charge is 2.10. The summed E-state index contributed by atoms with van der Waals surface area (Å²) < 4.78 is 5.60. The van der Waals surface area contributed by atoms with Gasteiger partial charge in [0.05, 0.1) is 7.11 Å². The van der Waals surface area contributed by atoms with Crippen LogP contribution in [0.1, 0.15) is 11.4 Å². The number of aromatic amines is 1. The van der Waals surface area contributed by atoms with Gasteiger partial charge in [-0.3, -0.25) is 0 Å². The van der Waals surface area contributed by atoms with Crippen LogP contribution in [-0.2, 0) is 0 Å². The lowest BCUT2D eigenvalue weighted by Gasteiger charge is -2.13. The first-order chi connectivity index (χ1) is 13.6. The van der Waals surface area contributed by atoms with Crippen LogP contribution in [0.25, 0.3) is 22.0 Å². The molecular weight excluding hydrogens is 350 g/mol. The predicted octanol–water partition coefficient (Wildman–Crippen LogP) is 5.04. The van der Waals surface area contributed by atoms with Gasteiger partial charge in [0.15, 0.2) is 0 Å². The number of H-pyrrole nitrogens is 1. The largest absolute Gasteiger partial charge is 0.496 e. The number of aryl methyl sites for hydroxylation is 2. The van der Waals surface area contributed by atoms with Crippen LogP contribution < -0.4 is 15.4 Å². The van der Waals surface area contributed by atoms with Crippen molar-refractivity contribution in [3.63, 3.8) is 0 Å². The Hall–Kier alpha value is -3.54. The Morgan fingerprint density at radius 2 is 1.82 bits per heavy atom. The molecule has 0 saturated carbocycles. The van der Waals surface area contributed by atoms with E-state index < -0.39 is 0 Å². The average molecular weight is 373 g/mol. The first-order valence-electron chi connectivity index (χ1n) is 9.14. The topological polar surface area (TPSA) is 74.9 Å². The molecule has 0 spiro atoms. The number of nitrogens with one attached hydrogen (secondary N) is 3. The Morgan fingerprint density at radius 1 is 0.964 bits per heavy atom. The van der Waals surface area contributed by atoms with E-state index in [9.17, 15) is 0 Å². The molecule has 0 aliphatic heterocycles. The fourth-order valence-corrected chi connectivity index (χ4v) is 3.33. The van der Waals surface area contributed by atoms with Crippen molar-refractivity contribution in [2.45, 2.75) is 13.8 Å². The Bertz CT molecular complexity index is 1150. The van der Waals surface area contributed by atoms with Crippen LogP contribution in [0.4, 0.5) is 17.5 Å². The molecule has 6 nitrogen and oxygen atoms in total. The summed E-state index contributed by atoms with van der Waals surface area (Å²) >= 11 is 0. The van der Waals surface area contributed by atoms with Crippen molar-refractivity contribution in [2.24, 2.45) is 0 Å². The van der Waals surface area contributed by atoms with Crippen molar-refractivity contribution in [3.8, 4) is 16.9 Å². The molecular formula is C22H23N5O. The van der Waals surface area contributed by atoms with Gasteiger partial charge in [-0.15, -0.1) is 0 Å². The molecule has 2 aromatic carbocycles. The molecule has 28 heavy (non-hydrogen) atoms. The fourth-order valence-electron chi connectivity index (χ4n) is 3.33. The van der Waals surface area contributed by atoms with E-state index >= 15 is 0 Å². The van der Waals surface area contributed by atoms with Crippen LogP contribution in [0.3, 0.4) is 0 Å². The molecule has 4 aromatic rings. The Morgan fingerprint density at radius 3 is 2.61 bits per heavy atom. The molecule has 0 atom stereocenters. The maximum Gasteiger partial charge on any atom is 0.229 e. The van der Waals surface area contributed by atoms with E-state index in [1.165, 1.54) is 5.39 Å². The van der Waals surface area contributed by atoms with E-state index in [-0.39, 0.29) is 0 Å². The van der Waals surface area contributed by atoms with Gasteiger partial charge in [0.2, 0.25) is 5.95 Å². The lowest BCUT2D eigenvalue weighted by atomic mass is 10.0. The first kappa shape index (κ1) is 17.9. The van der Waals surface area contributed by atoms with Gasteiger partial charge in [-0.2, -0.15) is 4.98 Å². The SMILES string of the molecule is CNc1cc(C)nc(Nc2ccc(OC)c(-c3ccc4cc(C)[nH]c4c3)c2)n1. The number of methoxy groups -OCH3 is 1. The quantitative estimate of drug-likeness (QED) is 0.457. The van der Waals surface area contributed by atoms with Gasteiger partial charge < -0.3 is 20.4 Å². The number of fused-ring (bicyclic) bond motifs is 1. The normalized spacial score (nSPS) is 10.9. The van der Waals surface area contributed by atoms with E-state index in [0.717, 1.165) is 45.3 Å². The molecule has 0 fully saturated rings. The van der Waals surface area contributed by atoms with Crippen LogP contribution >= 0.6 is 0 Å². The molecule has 0 aliphatic carbocycles. The lowest BCUT2D eigenvalue weighted by molar-refractivity contribution is 0.416. The van der Waals surface area contributed by atoms with Crippen molar-refractivity contribution in [1.29, 1.82) is 0 Å². The van der Waals surface area contributed by atoms with Crippen molar-refractivity contribution < 1.29 is 4.74 Å². The highest BCUT2D eigenvalue weighted by Crippen LogP contribution is 2.35. The van der Waals surface area contributed by atoms with Crippen LogP contribution in [-0.4, -0.2) is 29.1 Å². The van der Waals surface area contributed by atoms with Crippen LogP contribution in [0.2, 0.25) is 0 Å². The van der Waals surface area contributed by atoms with Gasteiger partial charge in [0.1, 0.15) is 11.6 Å². The van der Waals surface area contributed by atoms with E-state index in [2.05, 4.69) is 62.8 Å². The summed E-state index contributed by atoms with van der Waals surface area (Å²) in [5.74, 6) is 2.14. The maximum atomic E-state index is 5.60. The standard InChI is InChI=1S/C22H23N5O/c1-13-9-16-6-5-15(11-19(16)24-13)18-12-17(7-8-20(18)28-4)26-22-25-14(2)10-21(23-3)27-22/h5-12,24H,1-4H3,(H2,23,25,26,27). The van der Waals surface area contributed by atoms with Crippen LogP contribution in [0, 0.1) is 13.8 Å². The second kappa shape index (κ2) is 7.23. The molecule has 0 amide bonds. The number of nitrogens with zero attached hydrogens (tertiary/aromatic N) is 2. The summed E-state index contributed by atoms with van der Waals surface area (Å²) in [4.78, 5) is 12.3. The highest BCUT2D eigenvalue weighted by molar-refractivity contribution is 5.87. The van der Waals surface area contributed by atoms with Gasteiger partial charge in [-0.05, 0) is 55.1 Å². The lowest BCUT2D eigenvalue weighted by Crippen LogP contribution is -2.02. The number of hydrogen-bond acceptors (Lipinski definition) is 5. The molecule has 142 valence electrons. The smallest absolute Gasteiger partial charge is 0.229 e. The molecule has 4 rings (SSSR count). The van der Waals surface area contributed by atoms with Crippen molar-refractivity contribution in [2.75, 3.05) is 24.8 Å². The molecule has 0 saturated heterocycles. The van der Waals surface area contributed by atoms with E-state index in [1.807, 2.05) is 32.2 Å². The van der Waals surface area contributed by atoms with E-state index in [0.29, 0.717) is 5.95 Å². The molecule has 0 unspecified atom stereocenters. The van der Waals surface area contributed by atoms with E-state index in [4.69, 9.17) is 4.74 Å². The third-order valence-electron chi connectivity index (χ3n) is 4.63. The Kier molecular flexibility index (Phi) is 4.61. The number of hydrogen-bond donors (Lipinski definition) is 3. The number of aromatic nitrogens is 3. The molecule has 2 aromatic heterocycles. The highest BCUT2D eigenvalue weighted by atomic mass is 16.5. The maximum absolute atomic E-state index is 5.60. The Labute approximate surface area is 164 Å². The van der Waals surface area contributed by atoms with Gasteiger partial charge in [-0.1, -0.05) is 12.1 Å². The fraction of sp³-hybridized carbons (Fsp3) is 0.182. The zero-order valence-corrected chi connectivity index (χ0v) is 16.4. The molecule has 2 heterocycles. The third kappa shape index (κ3) is 3.49. The van der Waals surface area contributed by atoms with Gasteiger partial charge in [0, 0.05) is 41.3 Å². The summed E-state index contributed by atoms with van der Waals surface area (Å²) in [7, 11) is 3.53. The summed E-state index contributed by atoms with van der Waals surface area (Å²) in [6.07, 6.45) is 0. The molecule has 6 heteroatoms. The van der Waals surface area contributed by atoms with Crippen LogP contribution in [0.15, 0.2) is 48.5 Å². The summed E-state index contributed by atoms with van der Waals surface area (Å²) in [6.45, 7) is 4.01. The second-order valence-electron chi connectivity index (χ2n) is 6.76. The minimum absolute atomic E-state index is 0.552.